The van der Waals surface area contributed by atoms with E-state index in [1.54, 1.807) is 37.4 Å². The minimum absolute atomic E-state index is 0.0778. The van der Waals surface area contributed by atoms with Crippen LogP contribution in [-0.4, -0.2) is 34.1 Å². The minimum Gasteiger partial charge on any atom is -0.507 e. The maximum Gasteiger partial charge on any atom is 0.374 e. The number of carbonyl (C=O) groups excluding carboxylic acids is 1. The van der Waals surface area contributed by atoms with Gasteiger partial charge < -0.3 is 14.8 Å². The Kier molecular flexibility index (Phi) is 6.44. The van der Waals surface area contributed by atoms with Crippen LogP contribution in [0.25, 0.3) is 0 Å². The molecule has 1 N–H and O–H groups in total. The van der Waals surface area contributed by atoms with E-state index in [2.05, 4.69) is 15.3 Å². The molecule has 126 valence electrons. The Hall–Kier alpha value is -2.74. The van der Waals surface area contributed by atoms with E-state index in [9.17, 15) is 9.90 Å². The van der Waals surface area contributed by atoms with Crippen LogP contribution in [0.5, 0.6) is 5.75 Å². The van der Waals surface area contributed by atoms with Gasteiger partial charge in [-0.3, -0.25) is 0 Å². The van der Waals surface area contributed by atoms with Gasteiger partial charge in [-0.05, 0) is 25.5 Å². The third-order valence-corrected chi connectivity index (χ3v) is 3.82. The van der Waals surface area contributed by atoms with E-state index >= 15 is 0 Å². The average molecular weight is 347 g/mol. The van der Waals surface area contributed by atoms with E-state index < -0.39 is 5.97 Å². The van der Waals surface area contributed by atoms with Gasteiger partial charge in [0.05, 0.1) is 5.71 Å². The standard InChI is InChI=1S/C16H17N3O4S/c1-3-13(12-6-4-5-7-14(12)20)19-23-15(21)10-22-18-11(2)16-17-8-9-24-16/h4-9,20H,3,10H2,1-2H3/b18-11?,19-13+. The number of carbonyl (C=O) groups is 1. The predicted octanol–water partition coefficient (Wildman–Crippen LogP) is 2.95. The van der Waals surface area contributed by atoms with Crippen LogP contribution < -0.4 is 0 Å². The fourth-order valence-corrected chi connectivity index (χ4v) is 2.36. The molecule has 8 heteroatoms. The molecule has 0 unspecified atom stereocenters. The third-order valence-electron chi connectivity index (χ3n) is 2.93. The summed E-state index contributed by atoms with van der Waals surface area (Å²) in [5.41, 5.74) is 1.56. The van der Waals surface area contributed by atoms with Crippen molar-refractivity contribution in [1.82, 2.24) is 4.98 Å². The smallest absolute Gasteiger partial charge is 0.374 e. The second-order valence-corrected chi connectivity index (χ2v) is 5.55. The Morgan fingerprint density at radius 1 is 1.33 bits per heavy atom. The highest BCUT2D eigenvalue weighted by Crippen LogP contribution is 2.18. The van der Waals surface area contributed by atoms with E-state index in [4.69, 9.17) is 9.68 Å². The van der Waals surface area contributed by atoms with Crippen LogP contribution in [0.3, 0.4) is 0 Å². The average Bonchev–Trinajstić information content (AvgIpc) is 3.11. The van der Waals surface area contributed by atoms with Gasteiger partial charge in [0, 0.05) is 17.1 Å². The number of aromatic hydroxyl groups is 1. The number of phenolic OH excluding ortho intramolecular Hbond substituents is 1. The summed E-state index contributed by atoms with van der Waals surface area (Å²) in [7, 11) is 0. The molecular weight excluding hydrogens is 330 g/mol. The van der Waals surface area contributed by atoms with Crippen LogP contribution in [0.2, 0.25) is 0 Å². The number of oxime groups is 2. The Morgan fingerprint density at radius 3 is 2.79 bits per heavy atom. The van der Waals surface area contributed by atoms with Crippen LogP contribution >= 0.6 is 11.3 Å². The lowest BCUT2D eigenvalue weighted by Gasteiger charge is -2.05. The highest BCUT2D eigenvalue weighted by Gasteiger charge is 2.10. The summed E-state index contributed by atoms with van der Waals surface area (Å²) >= 11 is 1.42. The summed E-state index contributed by atoms with van der Waals surface area (Å²) in [4.78, 5) is 25.5. The third kappa shape index (κ3) is 4.88. The summed E-state index contributed by atoms with van der Waals surface area (Å²) in [6.07, 6.45) is 2.15. The molecule has 0 fully saturated rings. The van der Waals surface area contributed by atoms with Gasteiger partial charge in [0.1, 0.15) is 16.5 Å². The maximum absolute atomic E-state index is 11.6. The molecule has 2 rings (SSSR count). The van der Waals surface area contributed by atoms with E-state index in [-0.39, 0.29) is 12.4 Å². The zero-order valence-corrected chi connectivity index (χ0v) is 14.1. The number of hydrogen-bond donors (Lipinski definition) is 1. The predicted molar refractivity (Wildman–Crippen MR) is 91.3 cm³/mol. The maximum atomic E-state index is 11.6. The highest BCUT2D eigenvalue weighted by atomic mass is 32.1. The Morgan fingerprint density at radius 2 is 2.12 bits per heavy atom. The number of hydrogen-bond acceptors (Lipinski definition) is 8. The van der Waals surface area contributed by atoms with Crippen LogP contribution in [0, 0.1) is 0 Å². The van der Waals surface area contributed by atoms with Gasteiger partial charge in [-0.2, -0.15) is 0 Å². The summed E-state index contributed by atoms with van der Waals surface area (Å²) in [6.45, 7) is 3.21. The quantitative estimate of drug-likeness (QED) is 0.472. The molecule has 0 radical (unpaired) electrons. The SMILES string of the molecule is CC/C(=N\OC(=O)CON=C(C)c1nccs1)c1ccccc1O. The second-order valence-electron chi connectivity index (χ2n) is 4.66. The van der Waals surface area contributed by atoms with Crippen LogP contribution in [-0.2, 0) is 14.5 Å². The zero-order valence-electron chi connectivity index (χ0n) is 13.3. The van der Waals surface area contributed by atoms with Crippen molar-refractivity contribution in [2.75, 3.05) is 6.61 Å². The van der Waals surface area contributed by atoms with Crippen molar-refractivity contribution in [3.8, 4) is 5.75 Å². The molecule has 0 aliphatic heterocycles. The number of thiazole rings is 1. The van der Waals surface area contributed by atoms with E-state index in [1.807, 2.05) is 12.3 Å². The Balaban J connectivity index is 1.90. The zero-order chi connectivity index (χ0) is 17.4. The van der Waals surface area contributed by atoms with Crippen molar-refractivity contribution in [3.05, 3.63) is 46.4 Å². The molecule has 0 saturated carbocycles. The number of aromatic nitrogens is 1. The lowest BCUT2D eigenvalue weighted by molar-refractivity contribution is -0.148. The van der Waals surface area contributed by atoms with Gasteiger partial charge in [-0.15, -0.1) is 11.3 Å². The minimum atomic E-state index is -0.688. The van der Waals surface area contributed by atoms with Crippen LogP contribution in [0.15, 0.2) is 46.2 Å². The number of phenols is 1. The molecule has 0 aliphatic rings. The fraction of sp³-hybridized carbons (Fsp3) is 0.250. The van der Waals surface area contributed by atoms with Gasteiger partial charge >= 0.3 is 5.97 Å². The van der Waals surface area contributed by atoms with Crippen molar-refractivity contribution in [1.29, 1.82) is 0 Å². The molecule has 0 spiro atoms. The van der Waals surface area contributed by atoms with E-state index in [0.717, 1.165) is 0 Å². The van der Waals surface area contributed by atoms with Gasteiger partial charge in [-0.25, -0.2) is 9.78 Å². The van der Waals surface area contributed by atoms with Crippen molar-refractivity contribution in [2.24, 2.45) is 10.3 Å². The van der Waals surface area contributed by atoms with Gasteiger partial charge in [0.15, 0.2) is 0 Å². The van der Waals surface area contributed by atoms with Gasteiger partial charge in [0.2, 0.25) is 6.61 Å². The highest BCUT2D eigenvalue weighted by molar-refractivity contribution is 7.11. The van der Waals surface area contributed by atoms with Crippen molar-refractivity contribution in [2.45, 2.75) is 20.3 Å². The normalized spacial score (nSPS) is 12.1. The second kappa shape index (κ2) is 8.78. The number of para-hydroxylation sites is 1. The molecule has 2 aromatic rings. The molecule has 0 bridgehead atoms. The van der Waals surface area contributed by atoms with Gasteiger partial charge in [0.25, 0.3) is 0 Å². The van der Waals surface area contributed by atoms with Crippen molar-refractivity contribution < 1.29 is 19.6 Å². The lowest BCUT2D eigenvalue weighted by Crippen LogP contribution is -2.11. The molecule has 1 aromatic carbocycles. The first-order valence-electron chi connectivity index (χ1n) is 7.23. The summed E-state index contributed by atoms with van der Waals surface area (Å²) < 4.78 is 0. The summed E-state index contributed by atoms with van der Waals surface area (Å²) in [5.74, 6) is -0.610. The van der Waals surface area contributed by atoms with Gasteiger partial charge in [-0.1, -0.05) is 29.4 Å². The van der Waals surface area contributed by atoms with Crippen LogP contribution in [0.1, 0.15) is 30.8 Å². The molecular formula is C16H17N3O4S. The summed E-state index contributed by atoms with van der Waals surface area (Å²) in [5, 5.41) is 19.9. The first-order chi connectivity index (χ1) is 11.6. The molecule has 0 aliphatic carbocycles. The van der Waals surface area contributed by atoms with Crippen molar-refractivity contribution >= 4 is 28.7 Å². The van der Waals surface area contributed by atoms with E-state index in [1.165, 1.54) is 11.3 Å². The molecule has 0 saturated heterocycles. The monoisotopic (exact) mass is 347 g/mol. The molecule has 0 amide bonds. The first-order valence-corrected chi connectivity index (χ1v) is 8.11. The first kappa shape index (κ1) is 17.6. The molecule has 0 atom stereocenters. The molecule has 1 heterocycles. The topological polar surface area (TPSA) is 93.4 Å². The number of benzene rings is 1. The Bertz CT molecular complexity index is 742. The number of rotatable bonds is 7. The Labute approximate surface area is 143 Å². The largest absolute Gasteiger partial charge is 0.507 e. The number of nitrogens with zero attached hydrogens (tertiary/aromatic N) is 3. The van der Waals surface area contributed by atoms with Crippen molar-refractivity contribution in [3.63, 3.8) is 0 Å². The lowest BCUT2D eigenvalue weighted by atomic mass is 10.1. The summed E-state index contributed by atoms with van der Waals surface area (Å²) in [6, 6.07) is 6.71. The van der Waals surface area contributed by atoms with Crippen LogP contribution in [0.4, 0.5) is 0 Å². The molecule has 7 nitrogen and oxygen atoms in total. The fourth-order valence-electron chi connectivity index (χ4n) is 1.78. The molecule has 1 aromatic heterocycles. The molecule has 24 heavy (non-hydrogen) atoms. The van der Waals surface area contributed by atoms with E-state index in [0.29, 0.717) is 28.4 Å².